The van der Waals surface area contributed by atoms with Crippen LogP contribution in [0.2, 0.25) is 33.2 Å². The van der Waals surface area contributed by atoms with Gasteiger partial charge >= 0.3 is 5.97 Å². The molecule has 0 aliphatic carbocycles. The molecule has 6 atom stereocenters. The second kappa shape index (κ2) is 15.7. The molecule has 1 aromatic carbocycles. The Balaban J connectivity index is 2.22. The van der Waals surface area contributed by atoms with Gasteiger partial charge in [0.15, 0.2) is 6.10 Å². The molecule has 0 bridgehead atoms. The van der Waals surface area contributed by atoms with Gasteiger partial charge in [0, 0.05) is 12.0 Å². The Morgan fingerprint density at radius 3 is 1.76 bits per heavy atom. The number of carbonyl (C=O) groups excluding carboxylic acids is 1. The van der Waals surface area contributed by atoms with Crippen molar-refractivity contribution in [3.63, 3.8) is 0 Å². The molecular weight excluding hydrogens is 644 g/mol. The normalized spacial score (nSPS) is 27.9. The number of benzene rings is 1. The van der Waals surface area contributed by atoms with E-state index in [1.54, 1.807) is 12.1 Å². The summed E-state index contributed by atoms with van der Waals surface area (Å²) < 4.78 is 32.9. The fraction of sp³-hybridized carbons (Fsp3) is 0.794. The Kier molecular flexibility index (Phi) is 13.4. The lowest BCUT2D eigenvalue weighted by Gasteiger charge is -2.53. The Morgan fingerprint density at radius 1 is 0.848 bits per heavy atom. The number of methoxy groups -OCH3 is 1. The van der Waals surface area contributed by atoms with E-state index in [2.05, 4.69) is 83.1 Å². The molecule has 2 saturated heterocycles. The molecule has 1 aromatic rings. The van der Waals surface area contributed by atoms with E-state index in [1.165, 1.54) is 7.11 Å². The molecule has 2 heterocycles. The van der Waals surface area contributed by atoms with Crippen LogP contribution in [0, 0.1) is 0 Å². The Labute approximate surface area is 284 Å². The van der Waals surface area contributed by atoms with Gasteiger partial charge in [-0.1, -0.05) is 113 Å². The van der Waals surface area contributed by atoms with Crippen molar-refractivity contribution in [3.05, 3.63) is 29.8 Å². The monoisotopic (exact) mass is 702 g/mol. The van der Waals surface area contributed by atoms with Gasteiger partial charge in [-0.2, -0.15) is 0 Å². The molecule has 1 unspecified atom stereocenters. The van der Waals surface area contributed by atoms with Gasteiger partial charge < -0.3 is 28.2 Å². The maximum absolute atomic E-state index is 13.5. The van der Waals surface area contributed by atoms with E-state index >= 15 is 0 Å². The van der Waals surface area contributed by atoms with Gasteiger partial charge in [0.25, 0.3) is 0 Å². The van der Waals surface area contributed by atoms with Crippen LogP contribution in [-0.2, 0) is 38.0 Å². The topological polar surface area (TPSA) is 102 Å². The lowest BCUT2D eigenvalue weighted by molar-refractivity contribution is -0.291. The van der Waals surface area contributed by atoms with Crippen molar-refractivity contribution in [1.82, 2.24) is 0 Å². The average Bonchev–Trinajstić information content (AvgIpc) is 3.42. The van der Waals surface area contributed by atoms with Crippen LogP contribution in [-0.4, -0.2) is 72.1 Å². The largest absolute Gasteiger partial charge is 0.467 e. The predicted molar refractivity (Wildman–Crippen MR) is 185 cm³/mol. The van der Waals surface area contributed by atoms with Crippen molar-refractivity contribution in [3.8, 4) is 5.75 Å². The van der Waals surface area contributed by atoms with Gasteiger partial charge in [0.05, 0.1) is 13.7 Å². The van der Waals surface area contributed by atoms with Crippen LogP contribution < -0.4 is 4.74 Å². The summed E-state index contributed by atoms with van der Waals surface area (Å²) in [7, 11) is -3.95. The van der Waals surface area contributed by atoms with Gasteiger partial charge in [-0.05, 0) is 39.3 Å². The quantitative estimate of drug-likeness (QED) is 0.0890. The van der Waals surface area contributed by atoms with E-state index in [0.717, 1.165) is 0 Å². The summed E-state index contributed by atoms with van der Waals surface area (Å²) in [5.74, 6) is -0.275. The zero-order chi connectivity index (χ0) is 34.8. The number of aliphatic hydroxyl groups excluding tert-OH is 1. The molecule has 46 heavy (non-hydrogen) atoms. The second-order valence-corrected chi connectivity index (χ2v) is 26.2. The first-order chi connectivity index (χ1) is 21.4. The first kappa shape index (κ1) is 39.4. The van der Waals surface area contributed by atoms with E-state index in [1.807, 2.05) is 12.1 Å². The molecular formula is C34H59ClO9Si2. The molecule has 2 aliphatic heterocycles. The molecule has 2 fully saturated rings. The average molecular weight is 703 g/mol. The highest BCUT2D eigenvalue weighted by molar-refractivity contribution is 6.78. The molecule has 264 valence electrons. The molecule has 12 heteroatoms. The SMILES string of the molecule is COC(=O)[C@H]1O[C@@H](Oc2ccccc2C2(Cl)CCOO2)[C@H](O[Si](C(C)C)(C(C)C)C(C)C)[C@@H](O)[C@@H]1O[Si](C(C)C)(C(C)C)C(C)C. The number of rotatable bonds is 14. The van der Waals surface area contributed by atoms with E-state index in [4.69, 9.17) is 44.4 Å². The van der Waals surface area contributed by atoms with Gasteiger partial charge in [-0.15, -0.1) is 0 Å². The summed E-state index contributed by atoms with van der Waals surface area (Å²) in [6, 6.07) is 7.22. The van der Waals surface area contributed by atoms with Crippen molar-refractivity contribution in [2.45, 2.75) is 159 Å². The molecule has 0 aromatic heterocycles. The molecule has 0 amide bonds. The zero-order valence-corrected chi connectivity index (χ0v) is 32.9. The van der Waals surface area contributed by atoms with E-state index < -0.39 is 58.4 Å². The number of esters is 1. The summed E-state index contributed by atoms with van der Waals surface area (Å²) in [5, 5.41) is 11.2. The molecule has 9 nitrogen and oxygen atoms in total. The van der Waals surface area contributed by atoms with Gasteiger partial charge in [-0.25, -0.2) is 14.6 Å². The fourth-order valence-corrected chi connectivity index (χ4v) is 19.7. The summed E-state index contributed by atoms with van der Waals surface area (Å²) in [4.78, 5) is 24.1. The number of carbonyl (C=O) groups is 1. The number of hydrogen-bond donors (Lipinski definition) is 1. The number of para-hydroxylation sites is 1. The van der Waals surface area contributed by atoms with Crippen molar-refractivity contribution < 1.29 is 42.7 Å². The molecule has 3 rings (SSSR count). The maximum Gasteiger partial charge on any atom is 0.337 e. The standard InChI is InChI=1S/C34H59ClO9Si2/c1-20(2)45(21(3)4,22(5)6)42-29-28(36)30(43-46(23(7)8,24(9)10)25(11)12)33(41-31(29)32(37)38-13)40-27-17-15-14-16-26(27)34(35)18-19-39-44-34/h14-17,20-25,28-31,33,36H,18-19H2,1-13H3/t28-,29-,30+,31-,33+,34?/m0/s1. The fourth-order valence-electron chi connectivity index (χ4n) is 8.30. The van der Waals surface area contributed by atoms with Crippen LogP contribution >= 0.6 is 11.6 Å². The van der Waals surface area contributed by atoms with Crippen LogP contribution in [0.15, 0.2) is 24.3 Å². The Morgan fingerprint density at radius 2 is 1.33 bits per heavy atom. The van der Waals surface area contributed by atoms with Crippen LogP contribution in [0.3, 0.4) is 0 Å². The highest BCUT2D eigenvalue weighted by Crippen LogP contribution is 2.49. The summed E-state index contributed by atoms with van der Waals surface area (Å²) in [6.07, 6.45) is -5.33. The highest BCUT2D eigenvalue weighted by atomic mass is 35.5. The number of ether oxygens (including phenoxy) is 3. The third-order valence-corrected chi connectivity index (χ3v) is 22.9. The minimum absolute atomic E-state index is 0.196. The van der Waals surface area contributed by atoms with Gasteiger partial charge in [0.2, 0.25) is 28.0 Å². The minimum Gasteiger partial charge on any atom is -0.467 e. The smallest absolute Gasteiger partial charge is 0.337 e. The first-order valence-corrected chi connectivity index (χ1v) is 21.6. The van der Waals surface area contributed by atoms with Crippen molar-refractivity contribution in [1.29, 1.82) is 0 Å². The third kappa shape index (κ3) is 7.43. The van der Waals surface area contributed by atoms with Gasteiger partial charge in [0.1, 0.15) is 24.1 Å². The lowest BCUT2D eigenvalue weighted by atomic mass is 9.98. The zero-order valence-electron chi connectivity index (χ0n) is 30.2. The van der Waals surface area contributed by atoms with Gasteiger partial charge in [-0.3, -0.25) is 0 Å². The third-order valence-electron chi connectivity index (χ3n) is 10.3. The number of halogens is 1. The summed E-state index contributed by atoms with van der Waals surface area (Å²) in [6.45, 7) is 26.4. The molecule has 0 spiro atoms. The minimum atomic E-state index is -2.63. The summed E-state index contributed by atoms with van der Waals surface area (Å²) in [5.41, 5.74) is 1.75. The van der Waals surface area contributed by atoms with Crippen molar-refractivity contribution >= 4 is 34.2 Å². The van der Waals surface area contributed by atoms with E-state index in [-0.39, 0.29) is 33.2 Å². The highest BCUT2D eigenvalue weighted by Gasteiger charge is 2.59. The molecule has 2 aliphatic rings. The van der Waals surface area contributed by atoms with Crippen molar-refractivity contribution in [2.24, 2.45) is 0 Å². The van der Waals surface area contributed by atoms with E-state index in [0.29, 0.717) is 24.3 Å². The maximum atomic E-state index is 13.5. The van der Waals surface area contributed by atoms with Crippen LogP contribution in [0.1, 0.15) is 95.1 Å². The van der Waals surface area contributed by atoms with E-state index in [9.17, 15) is 9.90 Å². The Hall–Kier alpha value is -1.03. The number of alkyl halides is 1. The molecule has 0 saturated carbocycles. The van der Waals surface area contributed by atoms with Crippen LogP contribution in [0.25, 0.3) is 0 Å². The number of hydrogen-bond acceptors (Lipinski definition) is 9. The first-order valence-electron chi connectivity index (χ1n) is 16.9. The van der Waals surface area contributed by atoms with Crippen LogP contribution in [0.4, 0.5) is 0 Å². The number of aliphatic hydroxyl groups is 1. The van der Waals surface area contributed by atoms with Crippen molar-refractivity contribution in [2.75, 3.05) is 13.7 Å². The Bertz CT molecular complexity index is 1100. The lowest BCUT2D eigenvalue weighted by Crippen LogP contribution is -2.68. The van der Waals surface area contributed by atoms with Crippen LogP contribution in [0.5, 0.6) is 5.75 Å². The summed E-state index contributed by atoms with van der Waals surface area (Å²) >= 11 is 6.87. The second-order valence-electron chi connectivity index (χ2n) is 14.7. The molecule has 0 radical (unpaired) electrons. The predicted octanol–water partition coefficient (Wildman–Crippen LogP) is 8.19. The molecule has 1 N–H and O–H groups in total.